The highest BCUT2D eigenvalue weighted by Crippen LogP contribution is 2.46. The Balaban J connectivity index is 2.20. The molecule has 0 bridgehead atoms. The summed E-state index contributed by atoms with van der Waals surface area (Å²) in [7, 11) is 1.95. The van der Waals surface area contributed by atoms with E-state index in [0.717, 1.165) is 11.3 Å². The normalized spacial score (nSPS) is 31.3. The van der Waals surface area contributed by atoms with Crippen LogP contribution >= 0.6 is 0 Å². The minimum Gasteiger partial charge on any atom is -0.325 e. The van der Waals surface area contributed by atoms with Crippen molar-refractivity contribution in [3.8, 4) is 6.07 Å². The fourth-order valence-corrected chi connectivity index (χ4v) is 3.06. The van der Waals surface area contributed by atoms with Gasteiger partial charge in [0, 0.05) is 18.8 Å². The molecule has 0 aliphatic carbocycles. The fourth-order valence-electron chi connectivity index (χ4n) is 3.06. The van der Waals surface area contributed by atoms with E-state index in [4.69, 9.17) is 0 Å². The summed E-state index contributed by atoms with van der Waals surface area (Å²) in [6.45, 7) is 1.27. The van der Waals surface area contributed by atoms with Gasteiger partial charge in [0.2, 0.25) is 5.91 Å². The number of benzene rings is 1. The Morgan fingerprint density at radius 2 is 2.29 bits per heavy atom. The van der Waals surface area contributed by atoms with Gasteiger partial charge in [-0.3, -0.25) is 4.79 Å². The molecule has 1 amide bonds. The molecule has 86 valence electrons. The van der Waals surface area contributed by atoms with Crippen LogP contribution in [0.15, 0.2) is 24.3 Å². The second-order valence-corrected chi connectivity index (χ2v) is 4.85. The monoisotopic (exact) mass is 227 g/mol. The molecule has 2 aliphatic rings. The largest absolute Gasteiger partial charge is 0.325 e. The van der Waals surface area contributed by atoms with Gasteiger partial charge in [0.1, 0.15) is 5.41 Å². The van der Waals surface area contributed by atoms with E-state index >= 15 is 0 Å². The standard InChI is InChI=1S/C13H13N3O/c1-16-7-9(6-14)13(8-16)10-4-2-3-5-11(10)15-12(13)17/h2-5,9H,7-8H2,1H3,(H,15,17). The molecule has 1 spiro atoms. The van der Waals surface area contributed by atoms with Gasteiger partial charge in [0.05, 0.1) is 12.0 Å². The van der Waals surface area contributed by atoms with Crippen LogP contribution in [0.2, 0.25) is 0 Å². The van der Waals surface area contributed by atoms with Crippen molar-refractivity contribution in [3.05, 3.63) is 29.8 Å². The highest BCUT2D eigenvalue weighted by atomic mass is 16.2. The molecule has 0 aromatic heterocycles. The molecule has 4 heteroatoms. The number of anilines is 1. The maximum Gasteiger partial charge on any atom is 0.237 e. The zero-order valence-electron chi connectivity index (χ0n) is 9.60. The second-order valence-electron chi connectivity index (χ2n) is 4.85. The van der Waals surface area contributed by atoms with E-state index in [2.05, 4.69) is 16.3 Å². The maximum atomic E-state index is 12.3. The predicted molar refractivity (Wildman–Crippen MR) is 63.3 cm³/mol. The number of carbonyl (C=O) groups excluding carboxylic acids is 1. The number of hydrogen-bond donors (Lipinski definition) is 1. The summed E-state index contributed by atoms with van der Waals surface area (Å²) in [5, 5.41) is 12.2. The first-order valence-corrected chi connectivity index (χ1v) is 5.67. The van der Waals surface area contributed by atoms with Crippen LogP contribution in [0.4, 0.5) is 5.69 Å². The lowest BCUT2D eigenvalue weighted by molar-refractivity contribution is -0.121. The molecule has 3 rings (SSSR count). The van der Waals surface area contributed by atoms with Gasteiger partial charge >= 0.3 is 0 Å². The first-order valence-electron chi connectivity index (χ1n) is 5.67. The molecule has 2 atom stereocenters. The summed E-state index contributed by atoms with van der Waals surface area (Å²) >= 11 is 0. The number of nitrogens with zero attached hydrogens (tertiary/aromatic N) is 2. The zero-order chi connectivity index (χ0) is 12.0. The molecule has 1 aromatic rings. The number of hydrogen-bond acceptors (Lipinski definition) is 3. The lowest BCUT2D eigenvalue weighted by Gasteiger charge is -2.24. The van der Waals surface area contributed by atoms with Gasteiger partial charge in [-0.1, -0.05) is 18.2 Å². The number of nitrogens with one attached hydrogen (secondary N) is 1. The molecular formula is C13H13N3O. The highest BCUT2D eigenvalue weighted by molar-refractivity contribution is 6.07. The van der Waals surface area contributed by atoms with Crippen LogP contribution in [0.5, 0.6) is 0 Å². The molecule has 1 N–H and O–H groups in total. The third-order valence-corrected chi connectivity index (χ3v) is 3.83. The molecule has 17 heavy (non-hydrogen) atoms. The quantitative estimate of drug-likeness (QED) is 0.718. The van der Waals surface area contributed by atoms with Crippen LogP contribution in [0.3, 0.4) is 0 Å². The topological polar surface area (TPSA) is 56.1 Å². The van der Waals surface area contributed by atoms with E-state index in [-0.39, 0.29) is 11.8 Å². The minimum atomic E-state index is -0.667. The smallest absolute Gasteiger partial charge is 0.237 e. The van der Waals surface area contributed by atoms with Crippen molar-refractivity contribution in [1.29, 1.82) is 5.26 Å². The molecule has 1 saturated heterocycles. The number of rotatable bonds is 0. The zero-order valence-corrected chi connectivity index (χ0v) is 9.60. The Labute approximate surface area is 99.8 Å². The second kappa shape index (κ2) is 3.31. The van der Waals surface area contributed by atoms with E-state index < -0.39 is 5.41 Å². The number of likely N-dealkylation sites (N-methyl/N-ethyl adjacent to an activating group) is 1. The van der Waals surface area contributed by atoms with Gasteiger partial charge < -0.3 is 10.2 Å². The van der Waals surface area contributed by atoms with Crippen LogP contribution in [-0.4, -0.2) is 30.9 Å². The van der Waals surface area contributed by atoms with E-state index in [9.17, 15) is 10.1 Å². The first-order chi connectivity index (χ1) is 8.18. The Kier molecular flexibility index (Phi) is 2.01. The van der Waals surface area contributed by atoms with Gasteiger partial charge in [0.15, 0.2) is 0 Å². The SMILES string of the molecule is CN1CC(C#N)C2(C1)C(=O)Nc1ccccc12. The van der Waals surface area contributed by atoms with Crippen LogP contribution in [-0.2, 0) is 10.2 Å². The van der Waals surface area contributed by atoms with E-state index in [1.807, 2.05) is 31.3 Å². The third kappa shape index (κ3) is 1.17. The van der Waals surface area contributed by atoms with Gasteiger partial charge in [-0.25, -0.2) is 0 Å². The molecule has 1 fully saturated rings. The Bertz CT molecular complexity index is 534. The Morgan fingerprint density at radius 1 is 1.53 bits per heavy atom. The predicted octanol–water partition coefficient (Wildman–Crippen LogP) is 0.962. The first kappa shape index (κ1) is 10.3. The van der Waals surface area contributed by atoms with Crippen LogP contribution in [0, 0.1) is 17.2 Å². The summed E-state index contributed by atoms with van der Waals surface area (Å²) in [6, 6.07) is 9.97. The van der Waals surface area contributed by atoms with Crippen molar-refractivity contribution in [2.24, 2.45) is 5.92 Å². The highest BCUT2D eigenvalue weighted by Gasteiger charge is 2.56. The number of amides is 1. The summed E-state index contributed by atoms with van der Waals surface area (Å²) in [4.78, 5) is 14.3. The molecule has 0 saturated carbocycles. The lowest BCUT2D eigenvalue weighted by atomic mass is 9.74. The molecular weight excluding hydrogens is 214 g/mol. The van der Waals surface area contributed by atoms with E-state index in [0.29, 0.717) is 13.1 Å². The van der Waals surface area contributed by atoms with Gasteiger partial charge in [0.25, 0.3) is 0 Å². The molecule has 2 aliphatic heterocycles. The van der Waals surface area contributed by atoms with Crippen molar-refractivity contribution in [2.75, 3.05) is 25.5 Å². The van der Waals surface area contributed by atoms with E-state index in [1.54, 1.807) is 0 Å². The molecule has 2 heterocycles. The number of nitriles is 1. The average molecular weight is 227 g/mol. The molecule has 2 unspecified atom stereocenters. The van der Waals surface area contributed by atoms with Gasteiger partial charge in [-0.2, -0.15) is 5.26 Å². The lowest BCUT2D eigenvalue weighted by Crippen LogP contribution is -2.41. The minimum absolute atomic E-state index is 0.0328. The molecule has 4 nitrogen and oxygen atoms in total. The Morgan fingerprint density at radius 3 is 3.06 bits per heavy atom. The van der Waals surface area contributed by atoms with Gasteiger partial charge in [-0.15, -0.1) is 0 Å². The van der Waals surface area contributed by atoms with Crippen LogP contribution in [0.25, 0.3) is 0 Å². The maximum absolute atomic E-state index is 12.3. The number of likely N-dealkylation sites (tertiary alicyclic amines) is 1. The third-order valence-electron chi connectivity index (χ3n) is 3.83. The summed E-state index contributed by atoms with van der Waals surface area (Å²) in [6.07, 6.45) is 0. The van der Waals surface area contributed by atoms with Crippen molar-refractivity contribution in [3.63, 3.8) is 0 Å². The van der Waals surface area contributed by atoms with Crippen LogP contribution in [0.1, 0.15) is 5.56 Å². The van der Waals surface area contributed by atoms with Gasteiger partial charge in [-0.05, 0) is 18.7 Å². The summed E-state index contributed by atoms with van der Waals surface area (Å²) < 4.78 is 0. The average Bonchev–Trinajstić information content (AvgIpc) is 2.80. The Hall–Kier alpha value is -1.86. The van der Waals surface area contributed by atoms with Crippen molar-refractivity contribution in [2.45, 2.75) is 5.41 Å². The van der Waals surface area contributed by atoms with Crippen molar-refractivity contribution < 1.29 is 4.79 Å². The molecule has 1 aromatic carbocycles. The summed E-state index contributed by atoms with van der Waals surface area (Å²) in [5.41, 5.74) is 1.16. The van der Waals surface area contributed by atoms with Crippen molar-refractivity contribution in [1.82, 2.24) is 4.90 Å². The van der Waals surface area contributed by atoms with Crippen molar-refractivity contribution >= 4 is 11.6 Å². The number of carbonyl (C=O) groups is 1. The summed E-state index contributed by atoms with van der Waals surface area (Å²) in [5.74, 6) is -0.300. The molecule has 0 radical (unpaired) electrons. The number of para-hydroxylation sites is 1. The van der Waals surface area contributed by atoms with E-state index in [1.165, 1.54) is 0 Å². The van der Waals surface area contributed by atoms with Crippen LogP contribution < -0.4 is 5.32 Å². The number of fused-ring (bicyclic) bond motifs is 2. The fraction of sp³-hybridized carbons (Fsp3) is 0.385.